The molecule has 0 aromatic heterocycles. The monoisotopic (exact) mass is 410 g/mol. The van der Waals surface area contributed by atoms with Crippen LogP contribution in [0.2, 0.25) is 0 Å². The molecule has 4 heteroatoms. The first kappa shape index (κ1) is 20.4. The maximum Gasteiger partial charge on any atom is 0.173 e. The second-order valence-electron chi connectivity index (χ2n) is 7.15. The van der Waals surface area contributed by atoms with Crippen molar-refractivity contribution in [2.75, 3.05) is 6.54 Å². The summed E-state index contributed by atoms with van der Waals surface area (Å²) < 4.78 is 14.2. The number of rotatable bonds is 6. The first-order chi connectivity index (χ1) is 15.2. The van der Waals surface area contributed by atoms with Crippen molar-refractivity contribution in [3.63, 3.8) is 0 Å². The van der Waals surface area contributed by atoms with Gasteiger partial charge in [-0.2, -0.15) is 0 Å². The van der Waals surface area contributed by atoms with Gasteiger partial charge in [0.2, 0.25) is 0 Å². The van der Waals surface area contributed by atoms with Gasteiger partial charge < -0.3 is 10.0 Å². The van der Waals surface area contributed by atoms with Crippen molar-refractivity contribution in [2.24, 2.45) is 4.99 Å². The average molecular weight is 410 g/mol. The summed E-state index contributed by atoms with van der Waals surface area (Å²) in [5.41, 5.74) is 3.52. The van der Waals surface area contributed by atoms with E-state index in [4.69, 9.17) is 0 Å². The Labute approximate surface area is 181 Å². The molecule has 0 spiro atoms. The van der Waals surface area contributed by atoms with E-state index < -0.39 is 5.82 Å². The van der Waals surface area contributed by atoms with Gasteiger partial charge in [0.25, 0.3) is 0 Å². The van der Waals surface area contributed by atoms with Crippen LogP contribution in [0.15, 0.2) is 114 Å². The maximum absolute atomic E-state index is 14.2. The summed E-state index contributed by atoms with van der Waals surface area (Å²) in [7, 11) is 0. The molecule has 0 radical (unpaired) electrons. The molecule has 1 aliphatic heterocycles. The zero-order valence-corrected chi connectivity index (χ0v) is 17.0. The van der Waals surface area contributed by atoms with Crippen LogP contribution in [-0.2, 0) is 0 Å². The van der Waals surface area contributed by atoms with Gasteiger partial charge in [-0.25, -0.2) is 4.39 Å². The van der Waals surface area contributed by atoms with Gasteiger partial charge in [-0.1, -0.05) is 84.9 Å². The van der Waals surface area contributed by atoms with Crippen LogP contribution in [-0.4, -0.2) is 22.8 Å². The predicted octanol–water partition coefficient (Wildman–Crippen LogP) is 6.12. The fraction of sp³-hybridized carbons (Fsp3) is 0.0741. The molecule has 1 heterocycles. The minimum atomic E-state index is -0.661. The highest BCUT2D eigenvalue weighted by atomic mass is 19.1. The third kappa shape index (κ3) is 4.81. The number of phenolic OH excluding ortho intramolecular Hbond substituents is 1. The number of hydrogen-bond donors (Lipinski definition) is 1. The van der Waals surface area contributed by atoms with Crippen LogP contribution in [0.5, 0.6) is 5.75 Å². The Bertz CT molecular complexity index is 1130. The van der Waals surface area contributed by atoms with Gasteiger partial charge in [0.1, 0.15) is 0 Å². The molecular formula is C27H23FN2O. The number of aromatic hydroxyl groups is 1. The molecule has 154 valence electrons. The zero-order valence-electron chi connectivity index (χ0n) is 17.0. The lowest BCUT2D eigenvalue weighted by Crippen LogP contribution is -2.24. The normalized spacial score (nSPS) is 14.5. The Hall–Kier alpha value is -3.92. The van der Waals surface area contributed by atoms with E-state index in [2.05, 4.69) is 40.2 Å². The van der Waals surface area contributed by atoms with Crippen molar-refractivity contribution in [3.05, 3.63) is 132 Å². The Balaban J connectivity index is 1.69. The molecule has 31 heavy (non-hydrogen) atoms. The zero-order chi connectivity index (χ0) is 21.5. The lowest BCUT2D eigenvalue weighted by atomic mass is 10.0. The summed E-state index contributed by atoms with van der Waals surface area (Å²) in [4.78, 5) is 6.75. The molecule has 3 aromatic carbocycles. The second kappa shape index (κ2) is 9.72. The molecule has 1 aliphatic rings. The van der Waals surface area contributed by atoms with Crippen molar-refractivity contribution in [3.8, 4) is 5.75 Å². The highest BCUT2D eigenvalue weighted by Gasteiger charge is 2.22. The molecular weight excluding hydrogens is 387 g/mol. The van der Waals surface area contributed by atoms with Crippen molar-refractivity contribution in [2.45, 2.75) is 6.04 Å². The quantitative estimate of drug-likeness (QED) is 0.497. The number of aliphatic imine (C=N–C) groups is 1. The Morgan fingerprint density at radius 2 is 1.61 bits per heavy atom. The van der Waals surface area contributed by atoms with E-state index in [1.807, 2.05) is 60.8 Å². The van der Waals surface area contributed by atoms with Gasteiger partial charge in [0, 0.05) is 23.7 Å². The van der Waals surface area contributed by atoms with E-state index in [1.165, 1.54) is 12.3 Å². The number of allylic oxidation sites excluding steroid dienone is 4. The van der Waals surface area contributed by atoms with Gasteiger partial charge in [-0.05, 0) is 29.3 Å². The van der Waals surface area contributed by atoms with Crippen molar-refractivity contribution < 1.29 is 9.50 Å². The van der Waals surface area contributed by atoms with Crippen LogP contribution in [0, 0.1) is 5.82 Å². The minimum Gasteiger partial charge on any atom is -0.505 e. The molecule has 3 aromatic rings. The summed E-state index contributed by atoms with van der Waals surface area (Å²) in [5, 5.41) is 9.61. The molecule has 1 atom stereocenters. The molecule has 0 saturated carbocycles. The van der Waals surface area contributed by atoms with Crippen LogP contribution in [0.4, 0.5) is 4.39 Å². The number of phenols is 1. The average Bonchev–Trinajstić information content (AvgIpc) is 3.06. The third-order valence-electron chi connectivity index (χ3n) is 5.11. The van der Waals surface area contributed by atoms with Gasteiger partial charge in [-0.3, -0.25) is 4.99 Å². The molecule has 0 aliphatic carbocycles. The first-order valence-corrected chi connectivity index (χ1v) is 10.2. The van der Waals surface area contributed by atoms with Gasteiger partial charge in [-0.15, -0.1) is 0 Å². The highest BCUT2D eigenvalue weighted by molar-refractivity contribution is 5.80. The van der Waals surface area contributed by atoms with E-state index in [1.54, 1.807) is 12.1 Å². The van der Waals surface area contributed by atoms with E-state index >= 15 is 0 Å². The Kier molecular flexibility index (Phi) is 6.38. The van der Waals surface area contributed by atoms with Crippen LogP contribution < -0.4 is 0 Å². The molecule has 0 bridgehead atoms. The first-order valence-electron chi connectivity index (χ1n) is 10.2. The molecule has 4 rings (SSSR count). The molecule has 3 nitrogen and oxygen atoms in total. The number of nitrogens with zero attached hydrogens (tertiary/aromatic N) is 2. The van der Waals surface area contributed by atoms with E-state index in [-0.39, 0.29) is 17.4 Å². The fourth-order valence-corrected chi connectivity index (χ4v) is 3.56. The molecule has 1 N–H and O–H groups in total. The predicted molar refractivity (Wildman–Crippen MR) is 124 cm³/mol. The van der Waals surface area contributed by atoms with Crippen molar-refractivity contribution in [1.82, 2.24) is 4.90 Å². The van der Waals surface area contributed by atoms with E-state index in [9.17, 15) is 9.50 Å². The molecule has 0 fully saturated rings. The second-order valence-corrected chi connectivity index (χ2v) is 7.15. The third-order valence-corrected chi connectivity index (χ3v) is 5.11. The van der Waals surface area contributed by atoms with Crippen LogP contribution in [0.1, 0.15) is 22.7 Å². The standard InChI is InChI=1S/C27H23FN2O/c28-27-23(15-10-17-26(27)31)19-29-20-25(22-13-6-2-7-14-22)30-18-9-3-8-16-24(30)21-11-4-1-5-12-21/h1-19,25,31H,20H2/b29-19+/t25-/m0/s1. The van der Waals surface area contributed by atoms with Gasteiger partial charge in [0.05, 0.1) is 12.6 Å². The summed E-state index contributed by atoms with van der Waals surface area (Å²) in [6.07, 6.45) is 11.6. The molecule has 0 saturated heterocycles. The topological polar surface area (TPSA) is 35.8 Å². The fourth-order valence-electron chi connectivity index (χ4n) is 3.56. The highest BCUT2D eigenvalue weighted by Crippen LogP contribution is 2.32. The summed E-state index contributed by atoms with van der Waals surface area (Å²) in [5.74, 6) is -1.04. The van der Waals surface area contributed by atoms with Crippen molar-refractivity contribution in [1.29, 1.82) is 0 Å². The molecule has 0 unspecified atom stereocenters. The number of hydrogen-bond acceptors (Lipinski definition) is 3. The largest absolute Gasteiger partial charge is 0.505 e. The summed E-state index contributed by atoms with van der Waals surface area (Å²) >= 11 is 0. The Morgan fingerprint density at radius 3 is 2.39 bits per heavy atom. The summed E-state index contributed by atoms with van der Waals surface area (Å²) in [6, 6.07) is 24.8. The van der Waals surface area contributed by atoms with E-state index in [0.717, 1.165) is 16.8 Å². The minimum absolute atomic E-state index is 0.0968. The van der Waals surface area contributed by atoms with Crippen molar-refractivity contribution >= 4 is 11.9 Å². The SMILES string of the molecule is Oc1cccc(/C=N/C[C@@H](c2ccccc2)N2C=CC=CC=C2c2ccccc2)c1F. The molecule has 0 amide bonds. The number of benzene rings is 3. The van der Waals surface area contributed by atoms with E-state index in [0.29, 0.717) is 6.54 Å². The Morgan fingerprint density at radius 1 is 0.871 bits per heavy atom. The lowest BCUT2D eigenvalue weighted by Gasteiger charge is -2.32. The smallest absolute Gasteiger partial charge is 0.173 e. The van der Waals surface area contributed by atoms with Gasteiger partial charge in [0.15, 0.2) is 11.6 Å². The van der Waals surface area contributed by atoms with Crippen LogP contribution >= 0.6 is 0 Å². The van der Waals surface area contributed by atoms with Crippen LogP contribution in [0.25, 0.3) is 5.70 Å². The van der Waals surface area contributed by atoms with Gasteiger partial charge >= 0.3 is 0 Å². The lowest BCUT2D eigenvalue weighted by molar-refractivity contribution is 0.402. The summed E-state index contributed by atoms with van der Waals surface area (Å²) in [6.45, 7) is 0.410. The number of halogens is 1. The van der Waals surface area contributed by atoms with Crippen LogP contribution in [0.3, 0.4) is 0 Å². The maximum atomic E-state index is 14.2.